The van der Waals surface area contributed by atoms with Crippen LogP contribution >= 0.6 is 23.1 Å². The van der Waals surface area contributed by atoms with Gasteiger partial charge in [0, 0.05) is 5.69 Å². The number of nitrogens with two attached hydrogens (primary N) is 1. The zero-order chi connectivity index (χ0) is 11.5. The Kier molecular flexibility index (Phi) is 3.07. The van der Waals surface area contributed by atoms with Gasteiger partial charge in [0.25, 0.3) is 0 Å². The van der Waals surface area contributed by atoms with E-state index < -0.39 is 5.97 Å². The van der Waals surface area contributed by atoms with Gasteiger partial charge in [-0.05, 0) is 12.1 Å². The van der Waals surface area contributed by atoms with Crippen LogP contribution in [-0.4, -0.2) is 21.3 Å². The molecule has 5 nitrogen and oxygen atoms in total. The average Bonchev–Trinajstić information content (AvgIpc) is 2.73. The topological polar surface area (TPSA) is 89.1 Å². The number of nitrogens with zero attached hydrogens (tertiary/aromatic N) is 2. The van der Waals surface area contributed by atoms with Crippen molar-refractivity contribution in [3.63, 3.8) is 0 Å². The fraction of sp³-hybridized carbons (Fsp3) is 0. The number of aromatic carboxylic acids is 1. The molecule has 16 heavy (non-hydrogen) atoms. The maximum absolute atomic E-state index is 11.0. The Balaban J connectivity index is 2.42. The van der Waals surface area contributed by atoms with Gasteiger partial charge in [-0.3, -0.25) is 0 Å². The van der Waals surface area contributed by atoms with E-state index in [0.717, 1.165) is 0 Å². The lowest BCUT2D eigenvalue weighted by Crippen LogP contribution is -2.01. The standard InChI is InChI=1S/C9H7N3O2S2/c10-6-3-1-2-5(8(13)14)7(6)16-9-12-11-4-15-9/h1-4H,10H2,(H,13,14). The van der Waals surface area contributed by atoms with Gasteiger partial charge in [-0.25, -0.2) is 4.79 Å². The van der Waals surface area contributed by atoms with Gasteiger partial charge in [-0.1, -0.05) is 29.2 Å². The molecule has 7 heteroatoms. The van der Waals surface area contributed by atoms with E-state index in [1.54, 1.807) is 17.6 Å². The van der Waals surface area contributed by atoms with E-state index in [1.807, 2.05) is 0 Å². The van der Waals surface area contributed by atoms with Crippen molar-refractivity contribution in [2.24, 2.45) is 0 Å². The highest BCUT2D eigenvalue weighted by Crippen LogP contribution is 2.35. The molecule has 2 aromatic rings. The maximum Gasteiger partial charge on any atom is 0.336 e. The molecular weight excluding hydrogens is 246 g/mol. The number of carboxylic acid groups (broad SMARTS) is 1. The Labute approximate surface area is 99.3 Å². The van der Waals surface area contributed by atoms with Crippen molar-refractivity contribution < 1.29 is 9.90 Å². The minimum atomic E-state index is -1.00. The van der Waals surface area contributed by atoms with E-state index in [2.05, 4.69) is 10.2 Å². The molecule has 3 N–H and O–H groups in total. The van der Waals surface area contributed by atoms with Crippen molar-refractivity contribution in [2.45, 2.75) is 9.24 Å². The van der Waals surface area contributed by atoms with E-state index >= 15 is 0 Å². The molecule has 0 unspecified atom stereocenters. The third-order valence-electron chi connectivity index (χ3n) is 1.81. The maximum atomic E-state index is 11.0. The molecule has 0 aliphatic carbocycles. The summed E-state index contributed by atoms with van der Waals surface area (Å²) in [7, 11) is 0. The molecular formula is C9H7N3O2S2. The van der Waals surface area contributed by atoms with Crippen molar-refractivity contribution in [2.75, 3.05) is 5.73 Å². The molecule has 0 saturated heterocycles. The SMILES string of the molecule is Nc1cccc(C(=O)O)c1Sc1nncs1. The molecule has 82 valence electrons. The van der Waals surface area contributed by atoms with Crippen LogP contribution in [0.1, 0.15) is 10.4 Å². The third-order valence-corrected chi connectivity index (χ3v) is 3.74. The Bertz CT molecular complexity index is 513. The van der Waals surface area contributed by atoms with E-state index in [-0.39, 0.29) is 5.56 Å². The number of hydrogen-bond donors (Lipinski definition) is 2. The first-order chi connectivity index (χ1) is 7.68. The molecule has 1 aromatic carbocycles. The lowest BCUT2D eigenvalue weighted by molar-refractivity contribution is 0.0693. The number of nitrogen functional groups attached to an aromatic ring is 1. The molecule has 0 radical (unpaired) electrons. The van der Waals surface area contributed by atoms with Crippen molar-refractivity contribution >= 4 is 34.8 Å². The van der Waals surface area contributed by atoms with Crippen molar-refractivity contribution in [1.82, 2.24) is 10.2 Å². The number of carbonyl (C=O) groups is 1. The van der Waals surface area contributed by atoms with Crippen LogP contribution in [-0.2, 0) is 0 Å². The summed E-state index contributed by atoms with van der Waals surface area (Å²) in [5.74, 6) is -1.00. The van der Waals surface area contributed by atoms with Gasteiger partial charge in [0.15, 0.2) is 4.34 Å². The third kappa shape index (κ3) is 2.15. The second-order valence-corrected chi connectivity index (χ2v) is 4.93. The van der Waals surface area contributed by atoms with Crippen LogP contribution in [0.4, 0.5) is 5.69 Å². The Hall–Kier alpha value is -1.60. The van der Waals surface area contributed by atoms with Gasteiger partial charge in [0.1, 0.15) is 5.51 Å². The van der Waals surface area contributed by atoms with E-state index in [1.165, 1.54) is 29.2 Å². The average molecular weight is 253 g/mol. The molecule has 0 fully saturated rings. The molecule has 0 spiro atoms. The lowest BCUT2D eigenvalue weighted by atomic mass is 10.2. The number of anilines is 1. The van der Waals surface area contributed by atoms with Crippen LogP contribution in [0.25, 0.3) is 0 Å². The van der Waals surface area contributed by atoms with Crippen molar-refractivity contribution in [3.8, 4) is 0 Å². The highest BCUT2D eigenvalue weighted by molar-refractivity contribution is 8.01. The van der Waals surface area contributed by atoms with Crippen LogP contribution in [0.5, 0.6) is 0 Å². The summed E-state index contributed by atoms with van der Waals surface area (Å²) >= 11 is 2.55. The van der Waals surface area contributed by atoms with Crippen LogP contribution < -0.4 is 5.73 Å². The number of hydrogen-bond acceptors (Lipinski definition) is 6. The van der Waals surface area contributed by atoms with Crippen LogP contribution in [0.15, 0.2) is 32.9 Å². The van der Waals surface area contributed by atoms with Crippen LogP contribution in [0.3, 0.4) is 0 Å². The van der Waals surface area contributed by atoms with Gasteiger partial charge < -0.3 is 10.8 Å². The quantitative estimate of drug-likeness (QED) is 0.813. The number of carboxylic acids is 1. The summed E-state index contributed by atoms with van der Waals surface area (Å²) in [6.07, 6.45) is 0. The van der Waals surface area contributed by atoms with Crippen molar-refractivity contribution in [3.05, 3.63) is 29.3 Å². The smallest absolute Gasteiger partial charge is 0.336 e. The highest BCUT2D eigenvalue weighted by Gasteiger charge is 2.14. The van der Waals surface area contributed by atoms with Gasteiger partial charge in [-0.2, -0.15) is 0 Å². The van der Waals surface area contributed by atoms with E-state index in [9.17, 15) is 4.79 Å². The summed E-state index contributed by atoms with van der Waals surface area (Å²) in [5, 5.41) is 16.5. The Morgan fingerprint density at radius 2 is 2.31 bits per heavy atom. The molecule has 1 heterocycles. The minimum absolute atomic E-state index is 0.181. The molecule has 0 saturated carbocycles. The first-order valence-electron chi connectivity index (χ1n) is 4.24. The Morgan fingerprint density at radius 3 is 2.94 bits per heavy atom. The molecule has 1 aromatic heterocycles. The summed E-state index contributed by atoms with van der Waals surface area (Å²) < 4.78 is 0.667. The minimum Gasteiger partial charge on any atom is -0.478 e. The normalized spacial score (nSPS) is 10.2. The molecule has 2 rings (SSSR count). The summed E-state index contributed by atoms with van der Waals surface area (Å²) in [5.41, 5.74) is 7.94. The van der Waals surface area contributed by atoms with E-state index in [4.69, 9.17) is 10.8 Å². The predicted molar refractivity (Wildman–Crippen MR) is 61.8 cm³/mol. The summed E-state index contributed by atoms with van der Waals surface area (Å²) in [4.78, 5) is 11.5. The number of rotatable bonds is 3. The van der Waals surface area contributed by atoms with Gasteiger partial charge >= 0.3 is 5.97 Å². The van der Waals surface area contributed by atoms with Crippen molar-refractivity contribution in [1.29, 1.82) is 0 Å². The van der Waals surface area contributed by atoms with Gasteiger partial charge in [-0.15, -0.1) is 10.2 Å². The zero-order valence-electron chi connectivity index (χ0n) is 7.95. The van der Waals surface area contributed by atoms with E-state index in [0.29, 0.717) is 14.9 Å². The monoisotopic (exact) mass is 253 g/mol. The second-order valence-electron chi connectivity index (χ2n) is 2.84. The molecule has 0 bridgehead atoms. The molecule has 0 amide bonds. The van der Waals surface area contributed by atoms with Gasteiger partial charge in [0.2, 0.25) is 0 Å². The zero-order valence-corrected chi connectivity index (χ0v) is 9.59. The fourth-order valence-electron chi connectivity index (χ4n) is 1.13. The first kappa shape index (κ1) is 10.9. The van der Waals surface area contributed by atoms with Crippen LogP contribution in [0.2, 0.25) is 0 Å². The van der Waals surface area contributed by atoms with Gasteiger partial charge in [0.05, 0.1) is 10.5 Å². The van der Waals surface area contributed by atoms with Crippen LogP contribution in [0, 0.1) is 0 Å². The highest BCUT2D eigenvalue weighted by atomic mass is 32.2. The summed E-state index contributed by atoms with van der Waals surface area (Å²) in [6.45, 7) is 0. The largest absolute Gasteiger partial charge is 0.478 e. The lowest BCUT2D eigenvalue weighted by Gasteiger charge is -2.06. The molecule has 0 aliphatic heterocycles. The molecule has 0 aliphatic rings. The number of benzene rings is 1. The fourth-order valence-corrected chi connectivity index (χ4v) is 2.70. The second kappa shape index (κ2) is 4.50. The Morgan fingerprint density at radius 1 is 1.50 bits per heavy atom. The first-order valence-corrected chi connectivity index (χ1v) is 5.94. The number of aromatic nitrogens is 2. The predicted octanol–water partition coefficient (Wildman–Crippen LogP) is 1.97. The summed E-state index contributed by atoms with van der Waals surface area (Å²) in [6, 6.07) is 4.79. The molecule has 0 atom stereocenters.